The molecule has 3 rings (SSSR count). The second kappa shape index (κ2) is 7.10. The minimum Gasteiger partial charge on any atom is -0.496 e. The first-order valence-corrected chi connectivity index (χ1v) is 8.77. The fraction of sp³-hybridized carbons (Fsp3) is 0.429. The Kier molecular flexibility index (Phi) is 5.00. The highest BCUT2D eigenvalue weighted by atomic mass is 16.5. The maximum Gasteiger partial charge on any atom is 0.307 e. The maximum atomic E-state index is 12.3. The molecule has 1 heterocycles. The van der Waals surface area contributed by atoms with Gasteiger partial charge in [0.05, 0.1) is 33.2 Å². The van der Waals surface area contributed by atoms with Crippen molar-refractivity contribution >= 4 is 11.7 Å². The van der Waals surface area contributed by atoms with Gasteiger partial charge in [-0.25, -0.2) is 4.99 Å². The molecule has 0 N–H and O–H groups in total. The molecule has 1 atom stereocenters. The number of methoxy groups -OCH3 is 3. The van der Waals surface area contributed by atoms with Gasteiger partial charge in [0.2, 0.25) is 0 Å². The number of esters is 1. The minimum atomic E-state index is -0.785. The van der Waals surface area contributed by atoms with Crippen LogP contribution in [0.3, 0.4) is 0 Å². The summed E-state index contributed by atoms with van der Waals surface area (Å²) in [6, 6.07) is 0. The Hall–Kier alpha value is -2.76. The quantitative estimate of drug-likeness (QED) is 0.743. The summed E-state index contributed by atoms with van der Waals surface area (Å²) >= 11 is 0. The van der Waals surface area contributed by atoms with E-state index in [9.17, 15) is 4.79 Å². The first-order chi connectivity index (χ1) is 12.9. The number of ether oxygens (including phenoxy) is 4. The normalized spacial score (nSPS) is 20.4. The number of benzene rings is 1. The summed E-state index contributed by atoms with van der Waals surface area (Å²) in [4.78, 5) is 16.7. The van der Waals surface area contributed by atoms with Crippen LogP contribution in [0.25, 0.3) is 0 Å². The fourth-order valence-corrected chi connectivity index (χ4v) is 3.96. The van der Waals surface area contributed by atoms with Crippen LogP contribution in [0.5, 0.6) is 11.5 Å². The lowest BCUT2D eigenvalue weighted by atomic mass is 9.71. The summed E-state index contributed by atoms with van der Waals surface area (Å²) in [5.41, 5.74) is 3.76. The lowest BCUT2D eigenvalue weighted by Gasteiger charge is -2.34. The van der Waals surface area contributed by atoms with Gasteiger partial charge in [0.1, 0.15) is 23.0 Å². The van der Waals surface area contributed by atoms with Crippen molar-refractivity contribution in [2.75, 3.05) is 28.1 Å². The molecule has 1 unspecified atom stereocenters. The van der Waals surface area contributed by atoms with Crippen molar-refractivity contribution in [3.05, 3.63) is 46.2 Å². The molecule has 27 heavy (non-hydrogen) atoms. The van der Waals surface area contributed by atoms with Gasteiger partial charge in [-0.1, -0.05) is 6.08 Å². The molecule has 6 nitrogen and oxygen atoms in total. The summed E-state index contributed by atoms with van der Waals surface area (Å²) in [7, 11) is 4.68. The number of nitrogens with zero attached hydrogens (tertiary/aromatic N) is 1. The highest BCUT2D eigenvalue weighted by Crippen LogP contribution is 2.48. The number of hydrogen-bond acceptors (Lipinski definition) is 6. The van der Waals surface area contributed by atoms with E-state index in [2.05, 4.69) is 4.99 Å². The van der Waals surface area contributed by atoms with Crippen LogP contribution in [-0.4, -0.2) is 39.7 Å². The molecule has 6 heteroatoms. The zero-order valence-corrected chi connectivity index (χ0v) is 16.6. The number of hydrogen-bond donors (Lipinski definition) is 0. The average Bonchev–Trinajstić information content (AvgIpc) is 3.12. The van der Waals surface area contributed by atoms with Gasteiger partial charge in [-0.05, 0) is 49.6 Å². The number of allylic oxidation sites excluding steroid dienone is 3. The van der Waals surface area contributed by atoms with Crippen molar-refractivity contribution in [3.63, 3.8) is 0 Å². The minimum absolute atomic E-state index is 0.114. The van der Waals surface area contributed by atoms with Crippen molar-refractivity contribution in [3.8, 4) is 11.5 Å². The molecule has 0 fully saturated rings. The van der Waals surface area contributed by atoms with Crippen LogP contribution in [0.4, 0.5) is 0 Å². The molecule has 0 saturated carbocycles. The zero-order chi connectivity index (χ0) is 19.8. The van der Waals surface area contributed by atoms with Crippen LogP contribution in [0.1, 0.15) is 28.7 Å². The van der Waals surface area contributed by atoms with Gasteiger partial charge < -0.3 is 18.9 Å². The van der Waals surface area contributed by atoms with Gasteiger partial charge in [-0.3, -0.25) is 4.79 Å². The number of carbonyl (C=O) groups excluding carboxylic acids is 1. The molecule has 1 aromatic rings. The zero-order valence-electron chi connectivity index (χ0n) is 16.6. The molecule has 2 aliphatic rings. The Balaban J connectivity index is 2.33. The number of carbonyl (C=O) groups is 1. The second-order valence-corrected chi connectivity index (χ2v) is 6.77. The fourth-order valence-electron chi connectivity index (χ4n) is 3.96. The smallest absolute Gasteiger partial charge is 0.307 e. The molecule has 0 radical (unpaired) electrons. The molecule has 1 aliphatic heterocycles. The Morgan fingerprint density at radius 1 is 1.11 bits per heavy atom. The molecule has 0 bridgehead atoms. The van der Waals surface area contributed by atoms with Crippen molar-refractivity contribution in [2.45, 2.75) is 32.6 Å². The van der Waals surface area contributed by atoms with Gasteiger partial charge in [0.25, 0.3) is 0 Å². The summed E-state index contributed by atoms with van der Waals surface area (Å²) in [6.45, 7) is 6.25. The predicted octanol–water partition coefficient (Wildman–Crippen LogP) is 3.31. The van der Waals surface area contributed by atoms with Gasteiger partial charge in [-0.2, -0.15) is 0 Å². The highest BCUT2D eigenvalue weighted by molar-refractivity contribution is 6.09. The SMILES string of the molecule is COC(=O)CC1(c2c(C)c(OC)c(C)c(C)c2OC)C=CC2=NCOC2=C1. The Labute approximate surface area is 159 Å². The number of aliphatic imine (C=N–C) groups is 1. The Morgan fingerprint density at radius 3 is 2.41 bits per heavy atom. The highest BCUT2D eigenvalue weighted by Gasteiger charge is 2.41. The van der Waals surface area contributed by atoms with E-state index in [0.717, 1.165) is 39.5 Å². The third-order valence-electron chi connectivity index (χ3n) is 5.36. The van der Waals surface area contributed by atoms with Gasteiger partial charge in [-0.15, -0.1) is 0 Å². The van der Waals surface area contributed by atoms with Crippen LogP contribution in [0, 0.1) is 20.8 Å². The molecule has 0 spiro atoms. The van der Waals surface area contributed by atoms with Crippen molar-refractivity contribution < 1.29 is 23.7 Å². The first kappa shape index (κ1) is 19.0. The van der Waals surface area contributed by atoms with Crippen LogP contribution in [-0.2, 0) is 19.7 Å². The third-order valence-corrected chi connectivity index (χ3v) is 5.36. The van der Waals surface area contributed by atoms with E-state index in [4.69, 9.17) is 18.9 Å². The summed E-state index contributed by atoms with van der Waals surface area (Å²) in [5, 5.41) is 0. The molecule has 0 aromatic heterocycles. The Morgan fingerprint density at radius 2 is 1.78 bits per heavy atom. The largest absolute Gasteiger partial charge is 0.496 e. The van der Waals surface area contributed by atoms with E-state index in [1.165, 1.54) is 7.11 Å². The van der Waals surface area contributed by atoms with Crippen molar-refractivity contribution in [1.29, 1.82) is 0 Å². The molecule has 1 aliphatic carbocycles. The monoisotopic (exact) mass is 371 g/mol. The van der Waals surface area contributed by atoms with Crippen LogP contribution in [0.2, 0.25) is 0 Å². The van der Waals surface area contributed by atoms with E-state index in [1.54, 1.807) is 14.2 Å². The molecular weight excluding hydrogens is 346 g/mol. The Bertz CT molecular complexity index is 881. The molecule has 0 amide bonds. The van der Waals surface area contributed by atoms with Crippen LogP contribution in [0.15, 0.2) is 29.0 Å². The first-order valence-electron chi connectivity index (χ1n) is 8.77. The third kappa shape index (κ3) is 2.99. The molecule has 144 valence electrons. The lowest BCUT2D eigenvalue weighted by Crippen LogP contribution is -2.31. The van der Waals surface area contributed by atoms with E-state index < -0.39 is 5.41 Å². The summed E-state index contributed by atoms with van der Waals surface area (Å²) < 4.78 is 22.1. The van der Waals surface area contributed by atoms with E-state index in [1.807, 2.05) is 39.0 Å². The molecule has 0 saturated heterocycles. The van der Waals surface area contributed by atoms with Crippen molar-refractivity contribution in [2.24, 2.45) is 4.99 Å². The lowest BCUT2D eigenvalue weighted by molar-refractivity contribution is -0.141. The van der Waals surface area contributed by atoms with Gasteiger partial charge in [0.15, 0.2) is 6.73 Å². The van der Waals surface area contributed by atoms with E-state index in [0.29, 0.717) is 5.76 Å². The summed E-state index contributed by atoms with van der Waals surface area (Å²) in [6.07, 6.45) is 5.92. The summed E-state index contributed by atoms with van der Waals surface area (Å²) in [5.74, 6) is 1.86. The van der Waals surface area contributed by atoms with Crippen LogP contribution < -0.4 is 9.47 Å². The standard InChI is InChI=1S/C21H25NO5/c1-12-13(2)20(26-6)18(14(3)19(12)25-5)21(10-17(23)24-4)8-7-15-16(9-21)27-11-22-15/h7-9H,10-11H2,1-6H3. The number of fused-ring (bicyclic) bond motifs is 1. The van der Waals surface area contributed by atoms with E-state index in [-0.39, 0.29) is 19.1 Å². The molecule has 1 aromatic carbocycles. The van der Waals surface area contributed by atoms with Gasteiger partial charge >= 0.3 is 5.97 Å². The maximum absolute atomic E-state index is 12.3. The average molecular weight is 371 g/mol. The second-order valence-electron chi connectivity index (χ2n) is 6.77. The predicted molar refractivity (Wildman–Crippen MR) is 103 cm³/mol. The topological polar surface area (TPSA) is 66.4 Å². The van der Waals surface area contributed by atoms with Crippen molar-refractivity contribution in [1.82, 2.24) is 0 Å². The molecular formula is C21H25NO5. The number of rotatable bonds is 5. The van der Waals surface area contributed by atoms with E-state index >= 15 is 0 Å². The van der Waals surface area contributed by atoms with Crippen LogP contribution >= 0.6 is 0 Å². The van der Waals surface area contributed by atoms with Gasteiger partial charge in [0, 0.05) is 5.56 Å².